The number of hydrogen-bond acceptors (Lipinski definition) is 5. The number of nitrogens with zero attached hydrogens (tertiary/aromatic N) is 2. The van der Waals surface area contributed by atoms with Gasteiger partial charge in [-0.15, -0.1) is 0 Å². The van der Waals surface area contributed by atoms with Crippen molar-refractivity contribution in [2.24, 2.45) is 10.9 Å². The summed E-state index contributed by atoms with van der Waals surface area (Å²) >= 11 is 0. The number of hydrogen-bond donors (Lipinski definition) is 2. The molecule has 1 fully saturated rings. The fraction of sp³-hybridized carbons (Fsp3) is 0.650. The topological polar surface area (TPSA) is 67.4 Å². The van der Waals surface area contributed by atoms with Gasteiger partial charge in [-0.05, 0) is 25.0 Å². The molecule has 1 aliphatic rings. The van der Waals surface area contributed by atoms with Crippen LogP contribution in [0, 0.1) is 5.92 Å². The van der Waals surface area contributed by atoms with E-state index in [1.54, 1.807) is 14.2 Å². The van der Waals surface area contributed by atoms with Gasteiger partial charge in [0.2, 0.25) is 0 Å². The minimum Gasteiger partial charge on any atom is -0.493 e. The Labute approximate surface area is 163 Å². The first-order chi connectivity index (χ1) is 13.0. The number of rotatable bonds is 8. The third kappa shape index (κ3) is 6.92. The third-order valence-electron chi connectivity index (χ3n) is 4.29. The van der Waals surface area contributed by atoms with Gasteiger partial charge in [-0.2, -0.15) is 0 Å². The van der Waals surface area contributed by atoms with E-state index in [0.29, 0.717) is 36.5 Å². The maximum Gasteiger partial charge on any atom is 0.195 e. The number of guanidine groups is 1. The van der Waals surface area contributed by atoms with Gasteiger partial charge in [0.1, 0.15) is 0 Å². The molecule has 1 aromatic carbocycles. The van der Waals surface area contributed by atoms with Crippen LogP contribution < -0.4 is 20.1 Å². The standard InChI is InChI=1S/C20H34N4O3/c1-6-26-19-11-16(7-8-18(19)25-5)23-20(21-4)22-12-17-14-24(9-10-27-17)13-15(2)3/h7-8,11,15,17H,6,9-10,12-14H2,1-5H3,(H2,21,22,23). The van der Waals surface area contributed by atoms with Gasteiger partial charge in [-0.1, -0.05) is 13.8 Å². The molecule has 2 N–H and O–H groups in total. The van der Waals surface area contributed by atoms with E-state index in [0.717, 1.165) is 31.9 Å². The lowest BCUT2D eigenvalue weighted by atomic mass is 10.2. The van der Waals surface area contributed by atoms with Crippen LogP contribution in [0.2, 0.25) is 0 Å². The highest BCUT2D eigenvalue weighted by molar-refractivity contribution is 5.93. The molecule has 27 heavy (non-hydrogen) atoms. The number of benzene rings is 1. The summed E-state index contributed by atoms with van der Waals surface area (Å²) in [6.07, 6.45) is 0.158. The quantitative estimate of drug-likeness (QED) is 0.535. The molecular weight excluding hydrogens is 344 g/mol. The van der Waals surface area contributed by atoms with Gasteiger partial charge in [-0.25, -0.2) is 0 Å². The third-order valence-corrected chi connectivity index (χ3v) is 4.29. The molecule has 0 aliphatic carbocycles. The second kappa shape index (κ2) is 11.0. The average molecular weight is 379 g/mol. The Morgan fingerprint density at radius 3 is 2.85 bits per heavy atom. The van der Waals surface area contributed by atoms with Gasteiger partial charge in [-0.3, -0.25) is 9.89 Å². The summed E-state index contributed by atoms with van der Waals surface area (Å²) in [5.74, 6) is 2.79. The summed E-state index contributed by atoms with van der Waals surface area (Å²) in [6.45, 7) is 11.6. The monoisotopic (exact) mass is 378 g/mol. The number of nitrogens with one attached hydrogen (secondary N) is 2. The van der Waals surface area contributed by atoms with Crippen molar-refractivity contribution in [3.05, 3.63) is 18.2 Å². The predicted molar refractivity (Wildman–Crippen MR) is 110 cm³/mol. The van der Waals surface area contributed by atoms with E-state index < -0.39 is 0 Å². The molecule has 0 bridgehead atoms. The lowest BCUT2D eigenvalue weighted by Gasteiger charge is -2.34. The van der Waals surface area contributed by atoms with E-state index in [1.807, 2.05) is 25.1 Å². The molecule has 0 radical (unpaired) electrons. The van der Waals surface area contributed by atoms with Crippen molar-refractivity contribution in [2.75, 3.05) is 58.9 Å². The molecule has 1 heterocycles. The highest BCUT2D eigenvalue weighted by Gasteiger charge is 2.21. The first kappa shape index (κ1) is 21.3. The van der Waals surface area contributed by atoms with Crippen molar-refractivity contribution in [2.45, 2.75) is 26.9 Å². The fourth-order valence-electron chi connectivity index (χ4n) is 3.14. The zero-order chi connectivity index (χ0) is 19.6. The average Bonchev–Trinajstić information content (AvgIpc) is 2.65. The molecule has 7 nitrogen and oxygen atoms in total. The molecule has 1 saturated heterocycles. The molecular formula is C20H34N4O3. The van der Waals surface area contributed by atoms with Crippen molar-refractivity contribution >= 4 is 11.6 Å². The van der Waals surface area contributed by atoms with Crippen LogP contribution in [0.15, 0.2) is 23.2 Å². The fourth-order valence-corrected chi connectivity index (χ4v) is 3.14. The Hall–Kier alpha value is -1.99. The van der Waals surface area contributed by atoms with Crippen molar-refractivity contribution in [3.8, 4) is 11.5 Å². The van der Waals surface area contributed by atoms with E-state index >= 15 is 0 Å². The van der Waals surface area contributed by atoms with Gasteiger partial charge >= 0.3 is 0 Å². The summed E-state index contributed by atoms with van der Waals surface area (Å²) in [5, 5.41) is 6.65. The lowest BCUT2D eigenvalue weighted by molar-refractivity contribution is -0.0283. The Morgan fingerprint density at radius 1 is 1.37 bits per heavy atom. The second-order valence-corrected chi connectivity index (χ2v) is 7.02. The van der Waals surface area contributed by atoms with Crippen molar-refractivity contribution in [1.82, 2.24) is 10.2 Å². The van der Waals surface area contributed by atoms with Crippen LogP contribution in [-0.2, 0) is 4.74 Å². The molecule has 0 amide bonds. The molecule has 0 spiro atoms. The van der Waals surface area contributed by atoms with Crippen LogP contribution in [0.4, 0.5) is 5.69 Å². The van der Waals surface area contributed by atoms with Crippen molar-refractivity contribution in [1.29, 1.82) is 0 Å². The molecule has 0 saturated carbocycles. The first-order valence-corrected chi connectivity index (χ1v) is 9.68. The highest BCUT2D eigenvalue weighted by Crippen LogP contribution is 2.30. The van der Waals surface area contributed by atoms with Crippen LogP contribution in [0.25, 0.3) is 0 Å². The lowest BCUT2D eigenvalue weighted by Crippen LogP contribution is -2.49. The predicted octanol–water partition coefficient (Wildman–Crippen LogP) is 2.44. The summed E-state index contributed by atoms with van der Waals surface area (Å²) < 4.78 is 16.9. The van der Waals surface area contributed by atoms with Crippen LogP contribution in [-0.4, -0.2) is 70.5 Å². The Morgan fingerprint density at radius 2 is 2.19 bits per heavy atom. The highest BCUT2D eigenvalue weighted by atomic mass is 16.5. The molecule has 7 heteroatoms. The van der Waals surface area contributed by atoms with Gasteiger partial charge in [0.25, 0.3) is 0 Å². The zero-order valence-corrected chi connectivity index (χ0v) is 17.2. The second-order valence-electron chi connectivity index (χ2n) is 7.02. The molecule has 1 aromatic rings. The Kier molecular flexibility index (Phi) is 8.67. The van der Waals surface area contributed by atoms with Gasteiger partial charge in [0.15, 0.2) is 17.5 Å². The number of morpholine rings is 1. The number of anilines is 1. The maximum atomic E-state index is 5.89. The Balaban J connectivity index is 1.89. The van der Waals surface area contributed by atoms with E-state index in [9.17, 15) is 0 Å². The smallest absolute Gasteiger partial charge is 0.195 e. The normalized spacial score (nSPS) is 18.4. The molecule has 152 valence electrons. The van der Waals surface area contributed by atoms with Crippen molar-refractivity contribution < 1.29 is 14.2 Å². The summed E-state index contributed by atoms with van der Waals surface area (Å²) in [7, 11) is 3.40. The minimum absolute atomic E-state index is 0.158. The van der Waals surface area contributed by atoms with Crippen LogP contribution >= 0.6 is 0 Å². The van der Waals surface area contributed by atoms with E-state index in [4.69, 9.17) is 14.2 Å². The maximum absolute atomic E-state index is 5.89. The first-order valence-electron chi connectivity index (χ1n) is 9.68. The summed E-state index contributed by atoms with van der Waals surface area (Å²) in [5.41, 5.74) is 0.887. The van der Waals surface area contributed by atoms with Gasteiger partial charge in [0, 0.05) is 45.0 Å². The summed E-state index contributed by atoms with van der Waals surface area (Å²) in [4.78, 5) is 6.77. The zero-order valence-electron chi connectivity index (χ0n) is 17.2. The number of methoxy groups -OCH3 is 1. The van der Waals surface area contributed by atoms with E-state index in [-0.39, 0.29) is 6.10 Å². The largest absolute Gasteiger partial charge is 0.493 e. The van der Waals surface area contributed by atoms with E-state index in [2.05, 4.69) is 34.4 Å². The van der Waals surface area contributed by atoms with Crippen LogP contribution in [0.5, 0.6) is 11.5 Å². The molecule has 1 unspecified atom stereocenters. The molecule has 1 atom stereocenters. The van der Waals surface area contributed by atoms with Gasteiger partial charge in [0.05, 0.1) is 26.4 Å². The van der Waals surface area contributed by atoms with E-state index in [1.165, 1.54) is 0 Å². The summed E-state index contributed by atoms with van der Waals surface area (Å²) in [6, 6.07) is 5.74. The molecule has 0 aromatic heterocycles. The van der Waals surface area contributed by atoms with Gasteiger partial charge < -0.3 is 24.8 Å². The van der Waals surface area contributed by atoms with Crippen LogP contribution in [0.3, 0.4) is 0 Å². The van der Waals surface area contributed by atoms with Crippen LogP contribution in [0.1, 0.15) is 20.8 Å². The minimum atomic E-state index is 0.158. The number of aliphatic imine (C=N–C) groups is 1. The number of ether oxygens (including phenoxy) is 3. The molecule has 1 aliphatic heterocycles. The molecule has 2 rings (SSSR count). The SMILES string of the molecule is CCOc1cc(NC(=NC)NCC2CN(CC(C)C)CCO2)ccc1OC. The van der Waals surface area contributed by atoms with Crippen molar-refractivity contribution in [3.63, 3.8) is 0 Å². The Bertz CT molecular complexity index is 607.